The van der Waals surface area contributed by atoms with Gasteiger partial charge in [-0.05, 0) is 49.6 Å². The zero-order valence-corrected chi connectivity index (χ0v) is 16.8. The van der Waals surface area contributed by atoms with Crippen molar-refractivity contribution in [3.05, 3.63) is 47.7 Å². The van der Waals surface area contributed by atoms with E-state index in [0.29, 0.717) is 18.6 Å². The second kappa shape index (κ2) is 8.19. The Morgan fingerprint density at radius 2 is 1.83 bits per heavy atom. The SMILES string of the molecule is COc1ccc(S(=O)(=O)N2CCC(Oc3ccc(C(F)(F)F)cn3)CC2)cc1C. The number of benzene rings is 1. The zero-order valence-electron chi connectivity index (χ0n) is 15.9. The van der Waals surface area contributed by atoms with E-state index in [9.17, 15) is 21.6 Å². The molecule has 1 aliphatic heterocycles. The normalized spacial score (nSPS) is 16.6. The zero-order chi connectivity index (χ0) is 21.2. The van der Waals surface area contributed by atoms with E-state index in [2.05, 4.69) is 4.98 Å². The Morgan fingerprint density at radius 1 is 1.14 bits per heavy atom. The van der Waals surface area contributed by atoms with Gasteiger partial charge in [-0.15, -0.1) is 0 Å². The predicted octanol–water partition coefficient (Wildman–Crippen LogP) is 3.65. The molecule has 0 atom stereocenters. The number of hydrogen-bond acceptors (Lipinski definition) is 5. The summed E-state index contributed by atoms with van der Waals surface area (Å²) in [5, 5.41) is 0. The van der Waals surface area contributed by atoms with Gasteiger partial charge in [-0.25, -0.2) is 13.4 Å². The summed E-state index contributed by atoms with van der Waals surface area (Å²) in [5.74, 6) is 0.699. The van der Waals surface area contributed by atoms with E-state index in [4.69, 9.17) is 9.47 Å². The lowest BCUT2D eigenvalue weighted by Gasteiger charge is -2.31. The van der Waals surface area contributed by atoms with Gasteiger partial charge in [0.25, 0.3) is 0 Å². The Labute approximate surface area is 167 Å². The number of nitrogens with zero attached hydrogens (tertiary/aromatic N) is 2. The molecule has 0 spiro atoms. The average Bonchev–Trinajstić information content (AvgIpc) is 2.68. The molecule has 6 nitrogen and oxygen atoms in total. The van der Waals surface area contributed by atoms with Crippen LogP contribution in [0.4, 0.5) is 13.2 Å². The molecule has 2 heterocycles. The Hall–Kier alpha value is -2.33. The van der Waals surface area contributed by atoms with Crippen LogP contribution in [0.2, 0.25) is 0 Å². The minimum Gasteiger partial charge on any atom is -0.496 e. The van der Waals surface area contributed by atoms with Crippen LogP contribution in [0.15, 0.2) is 41.4 Å². The van der Waals surface area contributed by atoms with Crippen LogP contribution in [-0.4, -0.2) is 44.0 Å². The van der Waals surface area contributed by atoms with Crippen molar-refractivity contribution < 1.29 is 31.1 Å². The molecule has 1 aliphatic rings. The average molecular weight is 430 g/mol. The summed E-state index contributed by atoms with van der Waals surface area (Å²) in [6.45, 7) is 2.27. The molecule has 2 aromatic rings. The molecule has 0 amide bonds. The first kappa shape index (κ1) is 21.4. The van der Waals surface area contributed by atoms with Crippen LogP contribution >= 0.6 is 0 Å². The summed E-state index contributed by atoms with van der Waals surface area (Å²) < 4.78 is 75.7. The standard InChI is InChI=1S/C19H21F3N2O4S/c1-13-11-16(4-5-17(13)27-2)29(25,26)24-9-7-15(8-10-24)28-18-6-3-14(12-23-18)19(20,21)22/h3-6,11-12,15H,7-10H2,1-2H3. The highest BCUT2D eigenvalue weighted by atomic mass is 32.2. The van der Waals surface area contributed by atoms with E-state index in [1.807, 2.05) is 0 Å². The number of hydrogen-bond donors (Lipinski definition) is 0. The molecule has 0 radical (unpaired) electrons. The molecule has 1 aromatic heterocycles. The van der Waals surface area contributed by atoms with Crippen LogP contribution in [-0.2, 0) is 16.2 Å². The maximum atomic E-state index is 12.9. The fourth-order valence-corrected chi connectivity index (χ4v) is 4.69. The fourth-order valence-electron chi connectivity index (χ4n) is 3.14. The number of alkyl halides is 3. The Kier molecular flexibility index (Phi) is 6.04. The third kappa shape index (κ3) is 4.81. The summed E-state index contributed by atoms with van der Waals surface area (Å²) in [4.78, 5) is 3.89. The fraction of sp³-hybridized carbons (Fsp3) is 0.421. The minimum atomic E-state index is -4.45. The molecule has 0 aliphatic carbocycles. The van der Waals surface area contributed by atoms with E-state index in [1.54, 1.807) is 19.1 Å². The summed E-state index contributed by atoms with van der Waals surface area (Å²) >= 11 is 0. The van der Waals surface area contributed by atoms with Gasteiger partial charge in [0.2, 0.25) is 15.9 Å². The number of aryl methyl sites for hydroxylation is 1. The Bertz CT molecular complexity index is 954. The lowest BCUT2D eigenvalue weighted by molar-refractivity contribution is -0.137. The predicted molar refractivity (Wildman–Crippen MR) is 99.4 cm³/mol. The smallest absolute Gasteiger partial charge is 0.417 e. The third-order valence-corrected chi connectivity index (χ3v) is 6.65. The third-order valence-electron chi connectivity index (χ3n) is 4.76. The largest absolute Gasteiger partial charge is 0.496 e. The van der Waals surface area contributed by atoms with Crippen molar-refractivity contribution in [3.8, 4) is 11.6 Å². The van der Waals surface area contributed by atoms with Crippen molar-refractivity contribution in [3.63, 3.8) is 0 Å². The minimum absolute atomic E-state index is 0.0880. The Balaban J connectivity index is 1.62. The van der Waals surface area contributed by atoms with Crippen LogP contribution < -0.4 is 9.47 Å². The highest BCUT2D eigenvalue weighted by Crippen LogP contribution is 2.30. The van der Waals surface area contributed by atoms with Gasteiger partial charge in [0.15, 0.2) is 0 Å². The number of methoxy groups -OCH3 is 1. The van der Waals surface area contributed by atoms with Gasteiger partial charge in [0.1, 0.15) is 11.9 Å². The first-order chi connectivity index (χ1) is 13.6. The van der Waals surface area contributed by atoms with Gasteiger partial charge in [0, 0.05) is 25.4 Å². The monoisotopic (exact) mass is 430 g/mol. The van der Waals surface area contributed by atoms with Crippen molar-refractivity contribution >= 4 is 10.0 Å². The lowest BCUT2D eigenvalue weighted by Crippen LogP contribution is -2.41. The first-order valence-corrected chi connectivity index (χ1v) is 10.4. The molecule has 29 heavy (non-hydrogen) atoms. The molecule has 1 aromatic carbocycles. The molecule has 1 saturated heterocycles. The second-order valence-electron chi connectivity index (χ2n) is 6.74. The van der Waals surface area contributed by atoms with Crippen LogP contribution in [0.25, 0.3) is 0 Å². The molecule has 0 bridgehead atoms. The number of aromatic nitrogens is 1. The number of ether oxygens (including phenoxy) is 2. The van der Waals surface area contributed by atoms with E-state index in [1.165, 1.54) is 23.5 Å². The highest BCUT2D eigenvalue weighted by molar-refractivity contribution is 7.89. The van der Waals surface area contributed by atoms with Crippen LogP contribution in [0.5, 0.6) is 11.6 Å². The number of pyridine rings is 1. The molecule has 3 rings (SSSR count). The number of halogens is 3. The molecule has 1 fully saturated rings. The maximum absolute atomic E-state index is 12.9. The quantitative estimate of drug-likeness (QED) is 0.724. The topological polar surface area (TPSA) is 68.7 Å². The lowest BCUT2D eigenvalue weighted by atomic mass is 10.1. The highest BCUT2D eigenvalue weighted by Gasteiger charge is 2.32. The summed E-state index contributed by atoms with van der Waals surface area (Å²) in [7, 11) is -2.13. The van der Waals surface area contributed by atoms with E-state index in [-0.39, 0.29) is 30.0 Å². The van der Waals surface area contributed by atoms with E-state index in [0.717, 1.165) is 17.8 Å². The number of rotatable bonds is 5. The van der Waals surface area contributed by atoms with Crippen molar-refractivity contribution in [2.75, 3.05) is 20.2 Å². The van der Waals surface area contributed by atoms with Crippen LogP contribution in [0.3, 0.4) is 0 Å². The van der Waals surface area contributed by atoms with Gasteiger partial charge in [-0.1, -0.05) is 0 Å². The van der Waals surface area contributed by atoms with Crippen molar-refractivity contribution in [1.29, 1.82) is 0 Å². The van der Waals surface area contributed by atoms with Crippen molar-refractivity contribution in [1.82, 2.24) is 9.29 Å². The molecular weight excluding hydrogens is 409 g/mol. The molecule has 0 N–H and O–H groups in total. The summed E-state index contributed by atoms with van der Waals surface area (Å²) in [6, 6.07) is 6.78. The van der Waals surface area contributed by atoms with Gasteiger partial charge in [-0.2, -0.15) is 17.5 Å². The first-order valence-electron chi connectivity index (χ1n) is 8.96. The van der Waals surface area contributed by atoms with Crippen molar-refractivity contribution in [2.45, 2.75) is 36.9 Å². The van der Waals surface area contributed by atoms with Crippen LogP contribution in [0, 0.1) is 6.92 Å². The molecule has 10 heteroatoms. The Morgan fingerprint density at radius 3 is 2.34 bits per heavy atom. The molecule has 0 unspecified atom stereocenters. The second-order valence-corrected chi connectivity index (χ2v) is 8.67. The van der Waals surface area contributed by atoms with E-state index >= 15 is 0 Å². The summed E-state index contributed by atoms with van der Waals surface area (Å²) in [5.41, 5.74) is -0.124. The summed E-state index contributed by atoms with van der Waals surface area (Å²) in [6.07, 6.45) is -3.22. The van der Waals surface area contributed by atoms with Crippen molar-refractivity contribution in [2.24, 2.45) is 0 Å². The van der Waals surface area contributed by atoms with Gasteiger partial charge < -0.3 is 9.47 Å². The van der Waals surface area contributed by atoms with Gasteiger partial charge in [0.05, 0.1) is 17.6 Å². The van der Waals surface area contributed by atoms with Gasteiger partial charge >= 0.3 is 6.18 Å². The molecule has 0 saturated carbocycles. The van der Waals surface area contributed by atoms with E-state index < -0.39 is 21.8 Å². The number of piperidine rings is 1. The maximum Gasteiger partial charge on any atom is 0.417 e. The van der Waals surface area contributed by atoms with Gasteiger partial charge in [-0.3, -0.25) is 0 Å². The number of sulfonamides is 1. The molecular formula is C19H21F3N2O4S. The van der Waals surface area contributed by atoms with Crippen LogP contribution in [0.1, 0.15) is 24.0 Å². The molecule has 158 valence electrons.